The summed E-state index contributed by atoms with van der Waals surface area (Å²) >= 11 is 1.27. The largest absolute Gasteiger partial charge is 0.493 e. The Morgan fingerprint density at radius 3 is 2.48 bits per heavy atom. The first-order chi connectivity index (χ1) is 21.4. The minimum atomic E-state index is -0.766. The van der Waals surface area contributed by atoms with Crippen molar-refractivity contribution in [1.82, 2.24) is 4.57 Å². The molecule has 9 heteroatoms. The summed E-state index contributed by atoms with van der Waals surface area (Å²) in [5, 5.41) is 0. The van der Waals surface area contributed by atoms with E-state index >= 15 is 0 Å². The fraction of sp³-hybridized carbons (Fsp3) is 0.229. The number of benzene rings is 3. The van der Waals surface area contributed by atoms with Crippen LogP contribution in [0.4, 0.5) is 0 Å². The standard InChI is InChI=1S/C35H34N2O6S/c1-6-11-25-18-24(14-16-27(25)43-21-23-12-9-8-10-13-23)19-30-33(38)37-32(26-15-17-28(40-4)29(20-26)41-5)31(34(39)42-7-2)22(3)36-35(37)44-30/h6,8-10,12-20,32H,1,7,11,21H2,2-5H3/b30-19+/t32-/m0/s1. The van der Waals surface area contributed by atoms with Crippen molar-refractivity contribution in [2.24, 2.45) is 4.99 Å². The van der Waals surface area contributed by atoms with Crippen molar-refractivity contribution in [2.75, 3.05) is 20.8 Å². The molecule has 0 amide bonds. The van der Waals surface area contributed by atoms with E-state index in [9.17, 15) is 9.59 Å². The summed E-state index contributed by atoms with van der Waals surface area (Å²) in [5.74, 6) is 1.25. The van der Waals surface area contributed by atoms with Crippen LogP contribution >= 0.6 is 11.3 Å². The molecule has 3 aromatic carbocycles. The zero-order chi connectivity index (χ0) is 31.2. The van der Waals surface area contributed by atoms with Crippen LogP contribution in [0.15, 0.2) is 100 Å². The molecule has 1 aromatic heterocycles. The number of ether oxygens (including phenoxy) is 4. The van der Waals surface area contributed by atoms with Gasteiger partial charge >= 0.3 is 5.97 Å². The number of nitrogens with zero attached hydrogens (tertiary/aromatic N) is 2. The minimum absolute atomic E-state index is 0.191. The fourth-order valence-corrected chi connectivity index (χ4v) is 6.21. The third-order valence-electron chi connectivity index (χ3n) is 7.22. The van der Waals surface area contributed by atoms with Gasteiger partial charge in [0.2, 0.25) is 0 Å². The van der Waals surface area contributed by atoms with E-state index in [0.717, 1.165) is 22.4 Å². The van der Waals surface area contributed by atoms with Crippen LogP contribution in [-0.4, -0.2) is 31.4 Å². The Balaban J connectivity index is 1.59. The van der Waals surface area contributed by atoms with E-state index in [1.807, 2.05) is 66.7 Å². The number of carbonyl (C=O) groups is 1. The van der Waals surface area contributed by atoms with E-state index < -0.39 is 12.0 Å². The predicted molar refractivity (Wildman–Crippen MR) is 171 cm³/mol. The first-order valence-corrected chi connectivity index (χ1v) is 15.0. The molecule has 0 saturated heterocycles. The first-order valence-electron chi connectivity index (χ1n) is 14.2. The lowest BCUT2D eigenvalue weighted by atomic mass is 9.95. The van der Waals surface area contributed by atoms with Crippen molar-refractivity contribution in [3.05, 3.63) is 133 Å². The Labute approximate surface area is 259 Å². The normalized spacial score (nSPS) is 14.5. The van der Waals surface area contributed by atoms with Crippen LogP contribution < -0.4 is 29.1 Å². The van der Waals surface area contributed by atoms with Crippen molar-refractivity contribution >= 4 is 23.4 Å². The van der Waals surface area contributed by atoms with Crippen molar-refractivity contribution < 1.29 is 23.7 Å². The lowest BCUT2D eigenvalue weighted by Crippen LogP contribution is -2.40. The van der Waals surface area contributed by atoms with Gasteiger partial charge in [-0.05, 0) is 72.9 Å². The van der Waals surface area contributed by atoms with Gasteiger partial charge in [0.25, 0.3) is 5.56 Å². The molecule has 1 aliphatic heterocycles. The van der Waals surface area contributed by atoms with Crippen LogP contribution in [-0.2, 0) is 22.6 Å². The number of aromatic nitrogens is 1. The van der Waals surface area contributed by atoms with Crippen LogP contribution in [0.2, 0.25) is 0 Å². The zero-order valence-corrected chi connectivity index (χ0v) is 26.0. The second-order valence-corrected chi connectivity index (χ2v) is 11.1. The number of hydrogen-bond acceptors (Lipinski definition) is 8. The van der Waals surface area contributed by atoms with E-state index in [4.69, 9.17) is 18.9 Å². The zero-order valence-electron chi connectivity index (χ0n) is 25.2. The predicted octanol–water partition coefficient (Wildman–Crippen LogP) is 5.12. The topological polar surface area (TPSA) is 88.4 Å². The molecule has 0 bridgehead atoms. The molecule has 0 fully saturated rings. The monoisotopic (exact) mass is 610 g/mol. The molecule has 5 rings (SSSR count). The maximum atomic E-state index is 14.1. The summed E-state index contributed by atoms with van der Waals surface area (Å²) in [4.78, 5) is 32.4. The highest BCUT2D eigenvalue weighted by Gasteiger charge is 2.34. The molecular formula is C35H34N2O6S. The Hall–Kier alpha value is -4.89. The molecule has 0 saturated carbocycles. The highest BCUT2D eigenvalue weighted by Crippen LogP contribution is 2.36. The van der Waals surface area contributed by atoms with E-state index in [1.54, 1.807) is 44.8 Å². The number of esters is 1. The fourth-order valence-electron chi connectivity index (χ4n) is 5.16. The van der Waals surface area contributed by atoms with Gasteiger partial charge in [0.05, 0.1) is 42.7 Å². The maximum Gasteiger partial charge on any atom is 0.338 e. The van der Waals surface area contributed by atoms with Crippen LogP contribution in [0, 0.1) is 0 Å². The van der Waals surface area contributed by atoms with Crippen molar-refractivity contribution in [2.45, 2.75) is 32.9 Å². The van der Waals surface area contributed by atoms with E-state index in [-0.39, 0.29) is 12.2 Å². The highest BCUT2D eigenvalue weighted by molar-refractivity contribution is 7.07. The molecule has 0 radical (unpaired) electrons. The van der Waals surface area contributed by atoms with Crippen LogP contribution in [0.5, 0.6) is 17.2 Å². The summed E-state index contributed by atoms with van der Waals surface area (Å²) in [5.41, 5.74) is 4.06. The first kappa shape index (κ1) is 30.6. The number of thiazole rings is 1. The average molecular weight is 611 g/mol. The van der Waals surface area contributed by atoms with Gasteiger partial charge in [-0.15, -0.1) is 6.58 Å². The molecule has 226 valence electrons. The molecule has 2 heterocycles. The molecule has 44 heavy (non-hydrogen) atoms. The molecule has 0 aliphatic carbocycles. The summed E-state index contributed by atoms with van der Waals surface area (Å²) < 4.78 is 24.5. The van der Waals surface area contributed by atoms with Gasteiger partial charge in [0.1, 0.15) is 12.4 Å². The van der Waals surface area contributed by atoms with Crippen LogP contribution in [0.1, 0.15) is 42.1 Å². The number of fused-ring (bicyclic) bond motifs is 1. The Morgan fingerprint density at radius 1 is 1.02 bits per heavy atom. The smallest absolute Gasteiger partial charge is 0.338 e. The van der Waals surface area contributed by atoms with Gasteiger partial charge < -0.3 is 18.9 Å². The van der Waals surface area contributed by atoms with Gasteiger partial charge in [-0.3, -0.25) is 9.36 Å². The molecule has 1 atom stereocenters. The lowest BCUT2D eigenvalue weighted by Gasteiger charge is -2.25. The summed E-state index contributed by atoms with van der Waals surface area (Å²) in [6.07, 6.45) is 4.27. The third-order valence-corrected chi connectivity index (χ3v) is 8.21. The second-order valence-electron chi connectivity index (χ2n) is 10.1. The van der Waals surface area contributed by atoms with Crippen LogP contribution in [0.25, 0.3) is 6.08 Å². The number of hydrogen-bond donors (Lipinski definition) is 0. The van der Waals surface area contributed by atoms with E-state index in [1.165, 1.54) is 11.3 Å². The summed E-state index contributed by atoms with van der Waals surface area (Å²) in [6, 6.07) is 20.4. The Morgan fingerprint density at radius 2 is 1.77 bits per heavy atom. The molecule has 8 nitrogen and oxygen atoms in total. The highest BCUT2D eigenvalue weighted by atomic mass is 32.1. The van der Waals surface area contributed by atoms with E-state index in [2.05, 4.69) is 11.6 Å². The number of allylic oxidation sites excluding steroid dienone is 2. The van der Waals surface area contributed by atoms with Gasteiger partial charge in [-0.1, -0.05) is 59.9 Å². The molecule has 0 N–H and O–H groups in total. The third kappa shape index (κ3) is 6.23. The molecular weight excluding hydrogens is 576 g/mol. The van der Waals surface area contributed by atoms with Gasteiger partial charge in [-0.2, -0.15) is 0 Å². The molecule has 0 unspecified atom stereocenters. The average Bonchev–Trinajstić information content (AvgIpc) is 3.33. The van der Waals surface area contributed by atoms with Gasteiger partial charge in [-0.25, -0.2) is 9.79 Å². The summed E-state index contributed by atoms with van der Waals surface area (Å²) in [6.45, 7) is 8.04. The molecule has 4 aromatic rings. The minimum Gasteiger partial charge on any atom is -0.493 e. The number of rotatable bonds is 11. The van der Waals surface area contributed by atoms with Crippen molar-refractivity contribution in [3.63, 3.8) is 0 Å². The number of methoxy groups -OCH3 is 2. The Bertz CT molecular complexity index is 1910. The maximum absolute atomic E-state index is 14.1. The SMILES string of the molecule is C=CCc1cc(/C=c2/sc3n(c2=O)[C@@H](c2ccc(OC)c(OC)c2)C(C(=O)OCC)=C(C)N=3)ccc1OCc1ccccc1. The number of carbonyl (C=O) groups excluding carboxylic acids is 1. The van der Waals surface area contributed by atoms with Crippen molar-refractivity contribution in [3.8, 4) is 17.2 Å². The van der Waals surface area contributed by atoms with Gasteiger partial charge in [0, 0.05) is 0 Å². The quantitative estimate of drug-likeness (QED) is 0.173. The van der Waals surface area contributed by atoms with Crippen LogP contribution in [0.3, 0.4) is 0 Å². The molecule has 1 aliphatic rings. The second kappa shape index (κ2) is 13.6. The van der Waals surface area contributed by atoms with E-state index in [0.29, 0.717) is 50.7 Å². The van der Waals surface area contributed by atoms with Gasteiger partial charge in [0.15, 0.2) is 16.3 Å². The summed E-state index contributed by atoms with van der Waals surface area (Å²) in [7, 11) is 3.09. The molecule has 0 spiro atoms. The lowest BCUT2D eigenvalue weighted by molar-refractivity contribution is -0.139. The Kier molecular flexibility index (Phi) is 9.45. The van der Waals surface area contributed by atoms with Crippen molar-refractivity contribution in [1.29, 1.82) is 0 Å².